The lowest BCUT2D eigenvalue weighted by Crippen LogP contribution is -2.07. The maximum absolute atomic E-state index is 13.7. The van der Waals surface area contributed by atoms with Crippen molar-refractivity contribution in [1.82, 2.24) is 0 Å². The first kappa shape index (κ1) is 16.4. The fraction of sp³-hybridized carbons (Fsp3) is 0.143. The average Bonchev–Trinajstić information content (AvgIpc) is 2.37. The summed E-state index contributed by atoms with van der Waals surface area (Å²) in [7, 11) is 0. The third kappa shape index (κ3) is 3.63. The van der Waals surface area contributed by atoms with Crippen LogP contribution in [0.5, 0.6) is 0 Å². The molecule has 1 atom stereocenters. The van der Waals surface area contributed by atoms with Gasteiger partial charge in [-0.1, -0.05) is 44.0 Å². The maximum atomic E-state index is 13.7. The van der Waals surface area contributed by atoms with E-state index in [1.807, 2.05) is 0 Å². The van der Waals surface area contributed by atoms with Crippen LogP contribution in [0.1, 0.15) is 21.5 Å². The smallest absolute Gasteiger partial charge is 0.207 e. The van der Waals surface area contributed by atoms with Crippen LogP contribution in [0.4, 0.5) is 22.0 Å². The summed E-state index contributed by atoms with van der Waals surface area (Å²) in [5.41, 5.74) is -0.574. The van der Waals surface area contributed by atoms with Crippen LogP contribution in [-0.4, -0.2) is 0 Å². The Morgan fingerprint density at radius 1 is 0.952 bits per heavy atom. The van der Waals surface area contributed by atoms with Crippen molar-refractivity contribution in [3.8, 4) is 0 Å². The van der Waals surface area contributed by atoms with Gasteiger partial charge in [-0.05, 0) is 23.8 Å². The standard InChI is InChI=1S/C14H7Br2F5/c15-11-4-1-7(5-10(11)14(19,20)21)13(16)9-3-2-8(17)6-12(9)18/h1-6,13H. The lowest BCUT2D eigenvalue weighted by atomic mass is 10.0. The summed E-state index contributed by atoms with van der Waals surface area (Å²) in [6.07, 6.45) is -4.52. The molecule has 0 bridgehead atoms. The Morgan fingerprint density at radius 3 is 2.19 bits per heavy atom. The van der Waals surface area contributed by atoms with E-state index in [9.17, 15) is 22.0 Å². The van der Waals surface area contributed by atoms with Crippen molar-refractivity contribution in [2.45, 2.75) is 11.0 Å². The Morgan fingerprint density at radius 2 is 1.62 bits per heavy atom. The summed E-state index contributed by atoms with van der Waals surface area (Å²) in [6, 6.07) is 6.53. The van der Waals surface area contributed by atoms with Gasteiger partial charge in [0.1, 0.15) is 11.6 Å². The minimum atomic E-state index is -4.52. The van der Waals surface area contributed by atoms with Gasteiger partial charge in [0.15, 0.2) is 0 Å². The number of hydrogen-bond acceptors (Lipinski definition) is 0. The molecule has 2 aromatic carbocycles. The maximum Gasteiger partial charge on any atom is 0.417 e. The van der Waals surface area contributed by atoms with Crippen LogP contribution >= 0.6 is 31.9 Å². The number of benzene rings is 2. The highest BCUT2D eigenvalue weighted by molar-refractivity contribution is 9.10. The van der Waals surface area contributed by atoms with Gasteiger partial charge in [0.05, 0.1) is 10.4 Å². The molecule has 2 aromatic rings. The number of hydrogen-bond donors (Lipinski definition) is 0. The normalized spacial score (nSPS) is 13.3. The van der Waals surface area contributed by atoms with Gasteiger partial charge in [-0.25, -0.2) is 8.78 Å². The largest absolute Gasteiger partial charge is 0.417 e. The Balaban J connectivity index is 2.46. The average molecular weight is 430 g/mol. The van der Waals surface area contributed by atoms with Crippen LogP contribution in [0.15, 0.2) is 40.9 Å². The van der Waals surface area contributed by atoms with Crippen LogP contribution < -0.4 is 0 Å². The highest BCUT2D eigenvalue weighted by atomic mass is 79.9. The number of halogens is 7. The van der Waals surface area contributed by atoms with Gasteiger partial charge in [-0.3, -0.25) is 0 Å². The second-order valence-corrected chi connectivity index (χ2v) is 6.04. The fourth-order valence-corrected chi connectivity index (χ4v) is 2.93. The molecular formula is C14H7Br2F5. The molecular weight excluding hydrogens is 423 g/mol. The highest BCUT2D eigenvalue weighted by Crippen LogP contribution is 2.39. The molecule has 0 fully saturated rings. The van der Waals surface area contributed by atoms with Crippen LogP contribution in [-0.2, 0) is 6.18 Å². The van der Waals surface area contributed by atoms with Crippen molar-refractivity contribution < 1.29 is 22.0 Å². The van der Waals surface area contributed by atoms with Gasteiger partial charge < -0.3 is 0 Å². The van der Waals surface area contributed by atoms with Gasteiger partial charge in [-0.2, -0.15) is 13.2 Å². The third-order valence-electron chi connectivity index (χ3n) is 2.82. The first-order chi connectivity index (χ1) is 9.70. The Bertz CT molecular complexity index is 667. The summed E-state index contributed by atoms with van der Waals surface area (Å²) < 4.78 is 65.0. The van der Waals surface area contributed by atoms with Crippen molar-refractivity contribution in [3.63, 3.8) is 0 Å². The second-order valence-electron chi connectivity index (χ2n) is 4.27. The summed E-state index contributed by atoms with van der Waals surface area (Å²) >= 11 is 5.99. The molecule has 0 N–H and O–H groups in total. The van der Waals surface area contributed by atoms with Crippen molar-refractivity contribution in [2.75, 3.05) is 0 Å². The summed E-state index contributed by atoms with van der Waals surface area (Å²) in [5.74, 6) is -1.57. The van der Waals surface area contributed by atoms with Gasteiger partial charge >= 0.3 is 6.18 Å². The van der Waals surface area contributed by atoms with Gasteiger partial charge in [-0.15, -0.1) is 0 Å². The quantitative estimate of drug-likeness (QED) is 0.392. The molecule has 0 radical (unpaired) electrons. The lowest BCUT2D eigenvalue weighted by molar-refractivity contribution is -0.138. The first-order valence-electron chi connectivity index (χ1n) is 5.66. The molecule has 0 amide bonds. The van der Waals surface area contributed by atoms with E-state index in [2.05, 4.69) is 31.9 Å². The second kappa shape index (κ2) is 6.04. The molecule has 7 heteroatoms. The molecule has 21 heavy (non-hydrogen) atoms. The zero-order chi connectivity index (χ0) is 15.8. The molecule has 0 saturated heterocycles. The lowest BCUT2D eigenvalue weighted by Gasteiger charge is -2.15. The van der Waals surface area contributed by atoms with Gasteiger partial charge in [0.2, 0.25) is 0 Å². The minimum Gasteiger partial charge on any atom is -0.207 e. The van der Waals surface area contributed by atoms with Crippen LogP contribution in [0.2, 0.25) is 0 Å². The number of rotatable bonds is 2. The Kier molecular flexibility index (Phi) is 4.72. The minimum absolute atomic E-state index is 0.0619. The molecule has 0 spiro atoms. The number of alkyl halides is 4. The van der Waals surface area contributed by atoms with Crippen molar-refractivity contribution in [1.29, 1.82) is 0 Å². The van der Waals surface area contributed by atoms with Crippen molar-refractivity contribution >= 4 is 31.9 Å². The summed E-state index contributed by atoms with van der Waals surface area (Å²) in [6.45, 7) is 0. The third-order valence-corrected chi connectivity index (χ3v) is 4.54. The zero-order valence-corrected chi connectivity index (χ0v) is 13.4. The molecule has 2 rings (SSSR count). The highest BCUT2D eigenvalue weighted by Gasteiger charge is 2.33. The topological polar surface area (TPSA) is 0 Å². The molecule has 0 saturated carbocycles. The van der Waals surface area contributed by atoms with Gasteiger partial charge in [0, 0.05) is 16.1 Å². The van der Waals surface area contributed by atoms with E-state index >= 15 is 0 Å². The molecule has 0 nitrogen and oxygen atoms in total. The summed E-state index contributed by atoms with van der Waals surface area (Å²) in [5, 5.41) is 0. The van der Waals surface area contributed by atoms with Gasteiger partial charge in [0.25, 0.3) is 0 Å². The van der Waals surface area contributed by atoms with Crippen LogP contribution in [0.3, 0.4) is 0 Å². The molecule has 0 aromatic heterocycles. The molecule has 0 heterocycles. The predicted octanol–water partition coefficient (Wildman–Crippen LogP) is 6.23. The van der Waals surface area contributed by atoms with Crippen molar-refractivity contribution in [3.05, 3.63) is 69.2 Å². The van der Waals surface area contributed by atoms with E-state index in [1.54, 1.807) is 0 Å². The van der Waals surface area contributed by atoms with E-state index in [4.69, 9.17) is 0 Å². The van der Waals surface area contributed by atoms with E-state index in [-0.39, 0.29) is 15.6 Å². The molecule has 1 unspecified atom stereocenters. The monoisotopic (exact) mass is 428 g/mol. The summed E-state index contributed by atoms with van der Waals surface area (Å²) in [4.78, 5) is -0.813. The molecule has 0 aliphatic rings. The van der Waals surface area contributed by atoms with Crippen LogP contribution in [0.25, 0.3) is 0 Å². The van der Waals surface area contributed by atoms with Crippen LogP contribution in [0, 0.1) is 11.6 Å². The molecule has 112 valence electrons. The first-order valence-corrected chi connectivity index (χ1v) is 7.36. The SMILES string of the molecule is Fc1ccc(C(Br)c2ccc(Br)c(C(F)(F)F)c2)c(F)c1. The Labute approximate surface area is 134 Å². The predicted molar refractivity (Wildman–Crippen MR) is 76.3 cm³/mol. The molecule has 0 aliphatic heterocycles. The van der Waals surface area contributed by atoms with E-state index in [0.717, 1.165) is 12.1 Å². The van der Waals surface area contributed by atoms with E-state index < -0.39 is 28.2 Å². The Hall–Kier alpha value is -0.950. The van der Waals surface area contributed by atoms with Crippen molar-refractivity contribution in [2.24, 2.45) is 0 Å². The van der Waals surface area contributed by atoms with E-state index in [1.165, 1.54) is 18.2 Å². The van der Waals surface area contributed by atoms with E-state index in [0.29, 0.717) is 6.07 Å². The fourth-order valence-electron chi connectivity index (χ4n) is 1.80. The zero-order valence-electron chi connectivity index (χ0n) is 10.2. The molecule has 0 aliphatic carbocycles.